The van der Waals surface area contributed by atoms with Gasteiger partial charge in [-0.2, -0.15) is 0 Å². The molecule has 0 aromatic heterocycles. The van der Waals surface area contributed by atoms with Crippen molar-refractivity contribution in [2.24, 2.45) is 0 Å². The van der Waals surface area contributed by atoms with Gasteiger partial charge >= 0.3 is 0 Å². The summed E-state index contributed by atoms with van der Waals surface area (Å²) in [6.45, 7) is 0.0253. The number of hydrogen-bond donors (Lipinski definition) is 4. The monoisotopic (exact) mass is 596 g/mol. The predicted octanol–water partition coefficient (Wildman–Crippen LogP) is 7.26. The summed E-state index contributed by atoms with van der Waals surface area (Å²) < 4.78 is 0. The van der Waals surface area contributed by atoms with Gasteiger partial charge in [-0.15, -0.1) is 0 Å². The van der Waals surface area contributed by atoms with E-state index in [-0.39, 0.29) is 30.0 Å². The topological polar surface area (TPSA) is 116 Å². The Balaban J connectivity index is 1.12. The Morgan fingerprint density at radius 1 is 0.533 bits per heavy atom. The summed E-state index contributed by atoms with van der Waals surface area (Å²) in [4.78, 5) is 50.8. The Bertz CT molecular complexity index is 1770. The maximum atomic E-state index is 12.9. The maximum absolute atomic E-state index is 12.9. The average Bonchev–Trinajstić information content (AvgIpc) is 3.05. The van der Waals surface area contributed by atoms with E-state index < -0.39 is 0 Å². The number of hydrogen-bond acceptors (Lipinski definition) is 5. The molecule has 3 amide bonds. The van der Waals surface area contributed by atoms with Crippen LogP contribution >= 0.6 is 0 Å². The van der Waals surface area contributed by atoms with Crippen LogP contribution in [-0.4, -0.2) is 30.0 Å². The number of anilines is 4. The SMILES string of the molecule is O=C(Nc1ccc(NC(=O)c2cccc(C(=O)CNc3ccc(NC(=O)c4ccccc4)cc3)c2)cc1)/C1=C/C=C\C/C=C\C1. The smallest absolute Gasteiger partial charge is 0.255 e. The zero-order valence-electron chi connectivity index (χ0n) is 24.5. The number of benzene rings is 4. The number of amides is 3. The minimum Gasteiger partial charge on any atom is -0.378 e. The quantitative estimate of drug-likeness (QED) is 0.114. The van der Waals surface area contributed by atoms with Gasteiger partial charge in [-0.25, -0.2) is 0 Å². The molecule has 4 aromatic rings. The standard InChI is InChI=1S/C37H32N4O4/c42-34(25-38-30-16-18-31(19-17-30)39-36(44)27-12-7-4-8-13-27)28-14-9-15-29(24-28)37(45)41-33-22-20-32(21-23-33)40-35(43)26-10-5-2-1-3-6-11-26/h2-10,12-24,38H,1,11,25H2,(H,39,44)(H,40,43)(H,41,45)/b5-2-,6-3-,26-10+. The molecular weight excluding hydrogens is 564 g/mol. The summed E-state index contributed by atoms with van der Waals surface area (Å²) >= 11 is 0. The molecule has 0 saturated carbocycles. The zero-order chi connectivity index (χ0) is 31.4. The Hall–Kier alpha value is -6.02. The van der Waals surface area contributed by atoms with E-state index in [1.165, 1.54) is 0 Å². The van der Waals surface area contributed by atoms with Gasteiger partial charge < -0.3 is 21.3 Å². The fourth-order valence-electron chi connectivity index (χ4n) is 4.52. The Kier molecular flexibility index (Phi) is 10.1. The molecule has 5 rings (SSSR count). The van der Waals surface area contributed by atoms with Gasteiger partial charge in [0.25, 0.3) is 17.7 Å². The highest BCUT2D eigenvalue weighted by Gasteiger charge is 2.13. The van der Waals surface area contributed by atoms with Crippen molar-refractivity contribution in [2.75, 3.05) is 27.8 Å². The van der Waals surface area contributed by atoms with Crippen LogP contribution in [0.3, 0.4) is 0 Å². The third-order valence-corrected chi connectivity index (χ3v) is 6.98. The predicted molar refractivity (Wildman–Crippen MR) is 179 cm³/mol. The van der Waals surface area contributed by atoms with Gasteiger partial charge in [-0.05, 0) is 85.6 Å². The largest absolute Gasteiger partial charge is 0.378 e. The molecule has 0 saturated heterocycles. The van der Waals surface area contributed by atoms with Crippen molar-refractivity contribution < 1.29 is 19.2 Å². The van der Waals surface area contributed by atoms with Crippen molar-refractivity contribution >= 4 is 46.3 Å². The molecule has 0 bridgehead atoms. The summed E-state index contributed by atoms with van der Waals surface area (Å²) in [5.41, 5.74) is 4.47. The van der Waals surface area contributed by atoms with E-state index in [1.807, 2.05) is 36.4 Å². The number of ketones is 1. The fraction of sp³-hybridized carbons (Fsp3) is 0.0811. The van der Waals surface area contributed by atoms with E-state index in [0.717, 1.165) is 6.42 Å². The van der Waals surface area contributed by atoms with Crippen LogP contribution < -0.4 is 21.3 Å². The molecule has 8 nitrogen and oxygen atoms in total. The van der Waals surface area contributed by atoms with Crippen LogP contribution in [0.5, 0.6) is 0 Å². The van der Waals surface area contributed by atoms with Gasteiger partial charge in [-0.3, -0.25) is 19.2 Å². The molecule has 0 unspecified atom stereocenters. The Labute approximate surface area is 261 Å². The van der Waals surface area contributed by atoms with E-state index in [0.29, 0.717) is 51.4 Å². The summed E-state index contributed by atoms with van der Waals surface area (Å²) in [6, 6.07) is 29.4. The first kappa shape index (κ1) is 30.4. The lowest BCUT2D eigenvalue weighted by molar-refractivity contribution is -0.112. The van der Waals surface area contributed by atoms with E-state index in [1.54, 1.807) is 97.1 Å². The number of carbonyl (C=O) groups is 4. The third kappa shape index (κ3) is 8.75. The van der Waals surface area contributed by atoms with Gasteiger partial charge in [0.2, 0.25) is 0 Å². The Morgan fingerprint density at radius 3 is 1.76 bits per heavy atom. The molecule has 4 N–H and O–H groups in total. The third-order valence-electron chi connectivity index (χ3n) is 6.98. The van der Waals surface area contributed by atoms with Gasteiger partial charge in [0.1, 0.15) is 0 Å². The van der Waals surface area contributed by atoms with Crippen LogP contribution in [-0.2, 0) is 4.79 Å². The van der Waals surface area contributed by atoms with Crippen LogP contribution in [0.15, 0.2) is 139 Å². The lowest BCUT2D eigenvalue weighted by Crippen LogP contribution is -2.16. The van der Waals surface area contributed by atoms with Crippen LogP contribution in [0.2, 0.25) is 0 Å². The number of rotatable bonds is 10. The molecule has 0 atom stereocenters. The van der Waals surface area contributed by atoms with E-state index in [2.05, 4.69) is 21.3 Å². The molecule has 45 heavy (non-hydrogen) atoms. The minimum absolute atomic E-state index is 0.0253. The highest BCUT2D eigenvalue weighted by Crippen LogP contribution is 2.18. The van der Waals surface area contributed by atoms with E-state index in [9.17, 15) is 19.2 Å². The van der Waals surface area contributed by atoms with Crippen molar-refractivity contribution in [2.45, 2.75) is 12.8 Å². The van der Waals surface area contributed by atoms with Crippen LogP contribution in [0.1, 0.15) is 43.9 Å². The first-order valence-corrected chi connectivity index (χ1v) is 14.5. The molecule has 0 fully saturated rings. The highest BCUT2D eigenvalue weighted by atomic mass is 16.2. The second-order valence-electron chi connectivity index (χ2n) is 10.3. The number of allylic oxidation sites excluding steroid dienone is 5. The Morgan fingerprint density at radius 2 is 1.09 bits per heavy atom. The lowest BCUT2D eigenvalue weighted by atomic mass is 10.1. The second kappa shape index (κ2) is 14.9. The van der Waals surface area contributed by atoms with Gasteiger partial charge in [0.15, 0.2) is 5.78 Å². The number of carbonyl (C=O) groups excluding carboxylic acids is 4. The fourth-order valence-corrected chi connectivity index (χ4v) is 4.52. The summed E-state index contributed by atoms with van der Waals surface area (Å²) in [6.07, 6.45) is 11.1. The molecule has 8 heteroatoms. The molecule has 1 aliphatic carbocycles. The number of nitrogens with one attached hydrogen (secondary N) is 4. The summed E-state index contributed by atoms with van der Waals surface area (Å²) in [7, 11) is 0. The van der Waals surface area contributed by atoms with Crippen molar-refractivity contribution in [1.29, 1.82) is 0 Å². The first-order chi connectivity index (χ1) is 21.9. The van der Waals surface area contributed by atoms with Crippen LogP contribution in [0.25, 0.3) is 0 Å². The normalized spacial score (nSPS) is 14.8. The maximum Gasteiger partial charge on any atom is 0.255 e. The second-order valence-corrected chi connectivity index (χ2v) is 10.3. The molecule has 1 aliphatic rings. The molecule has 0 radical (unpaired) electrons. The van der Waals surface area contributed by atoms with Crippen molar-refractivity contribution in [3.63, 3.8) is 0 Å². The highest BCUT2D eigenvalue weighted by molar-refractivity contribution is 6.08. The van der Waals surface area contributed by atoms with Gasteiger partial charge in [0, 0.05) is 45.0 Å². The van der Waals surface area contributed by atoms with E-state index >= 15 is 0 Å². The zero-order valence-corrected chi connectivity index (χ0v) is 24.5. The minimum atomic E-state index is -0.360. The summed E-state index contributed by atoms with van der Waals surface area (Å²) in [5, 5.41) is 11.6. The molecule has 4 aromatic carbocycles. The van der Waals surface area contributed by atoms with Crippen molar-refractivity contribution in [3.8, 4) is 0 Å². The van der Waals surface area contributed by atoms with Gasteiger partial charge in [0.05, 0.1) is 6.54 Å². The molecular formula is C37H32N4O4. The first-order valence-electron chi connectivity index (χ1n) is 14.5. The van der Waals surface area contributed by atoms with Crippen molar-refractivity contribution in [3.05, 3.63) is 156 Å². The summed E-state index contributed by atoms with van der Waals surface area (Å²) in [5.74, 6) is -0.925. The van der Waals surface area contributed by atoms with Crippen LogP contribution in [0.4, 0.5) is 22.7 Å². The van der Waals surface area contributed by atoms with E-state index in [4.69, 9.17) is 0 Å². The molecule has 0 spiro atoms. The van der Waals surface area contributed by atoms with Crippen molar-refractivity contribution in [1.82, 2.24) is 0 Å². The lowest BCUT2D eigenvalue weighted by Gasteiger charge is -2.11. The van der Waals surface area contributed by atoms with Crippen LogP contribution in [0, 0.1) is 0 Å². The molecule has 224 valence electrons. The molecule has 0 heterocycles. The van der Waals surface area contributed by atoms with Gasteiger partial charge in [-0.1, -0.05) is 60.7 Å². The average molecular weight is 597 g/mol. The number of Topliss-reactive ketones (excluding diaryl/α,β-unsaturated/α-hetero) is 1. The molecule has 0 aliphatic heterocycles.